The van der Waals surface area contributed by atoms with Gasteiger partial charge in [-0.25, -0.2) is 23.9 Å². The molecule has 1 aromatic carbocycles. The number of amides is 3. The molecule has 132 valence electrons. The van der Waals surface area contributed by atoms with Crippen LogP contribution in [-0.2, 0) is 16.6 Å². The molecule has 0 atom stereocenters. The molecule has 0 saturated carbocycles. The molecule has 0 aromatic heterocycles. The lowest BCUT2D eigenvalue weighted by atomic mass is 10.0. The summed E-state index contributed by atoms with van der Waals surface area (Å²) in [6.45, 7) is 3.81. The van der Waals surface area contributed by atoms with Gasteiger partial charge in [0.05, 0.1) is 0 Å². The van der Waals surface area contributed by atoms with E-state index in [9.17, 15) is 18.0 Å². The van der Waals surface area contributed by atoms with E-state index in [1.165, 1.54) is 6.07 Å². The van der Waals surface area contributed by atoms with E-state index in [4.69, 9.17) is 9.47 Å². The van der Waals surface area contributed by atoms with Gasteiger partial charge in [0, 0.05) is 26.1 Å². The van der Waals surface area contributed by atoms with Crippen LogP contribution in [0.1, 0.15) is 19.4 Å². The summed E-state index contributed by atoms with van der Waals surface area (Å²) in [4.78, 5) is 24.3. The van der Waals surface area contributed by atoms with Gasteiger partial charge in [0.25, 0.3) is 0 Å². The molecule has 3 amide bonds. The molecule has 0 fully saturated rings. The highest BCUT2D eigenvalue weighted by Crippen LogP contribution is 2.41. The Bertz CT molecular complexity index is 775. The molecule has 1 aliphatic heterocycles. The molecule has 2 rings (SSSR count). The minimum Gasteiger partial charge on any atom is -0.483 e. The summed E-state index contributed by atoms with van der Waals surface area (Å²) in [7, 11) is -1.80. The topological polar surface area (TPSA) is 114 Å². The maximum absolute atomic E-state index is 12.1. The van der Waals surface area contributed by atoms with E-state index in [1.54, 1.807) is 10.8 Å². The lowest BCUT2D eigenvalue weighted by molar-refractivity contribution is 0.129. The first-order valence-corrected chi connectivity index (χ1v) is 8.55. The average molecular weight is 357 g/mol. The van der Waals surface area contributed by atoms with Crippen molar-refractivity contribution in [1.82, 2.24) is 14.3 Å². The van der Waals surface area contributed by atoms with Crippen molar-refractivity contribution in [3.63, 3.8) is 0 Å². The van der Waals surface area contributed by atoms with E-state index in [0.717, 1.165) is 19.7 Å². The monoisotopic (exact) mass is 357 g/mol. The summed E-state index contributed by atoms with van der Waals surface area (Å²) < 4.78 is 37.0. The van der Waals surface area contributed by atoms with E-state index in [-0.39, 0.29) is 5.75 Å². The molecular formula is C14H19N3O6S. The molecule has 1 heterocycles. The number of ether oxygens (including phenoxy) is 2. The summed E-state index contributed by atoms with van der Waals surface area (Å²) in [5.74, 6) is 0.603. The third-order valence-electron chi connectivity index (χ3n) is 3.32. The van der Waals surface area contributed by atoms with Gasteiger partial charge in [0.2, 0.25) is 0 Å². The summed E-state index contributed by atoms with van der Waals surface area (Å²) in [5, 5.41) is 0. The van der Waals surface area contributed by atoms with Gasteiger partial charge in [-0.05, 0) is 19.9 Å². The zero-order valence-electron chi connectivity index (χ0n) is 13.7. The number of fused-ring (bicyclic) bond motifs is 1. The number of carbonyl (C=O) groups is 2. The highest BCUT2D eigenvalue weighted by molar-refractivity contribution is 7.88. The molecule has 0 radical (unpaired) electrons. The third kappa shape index (κ3) is 3.95. The molecule has 1 aromatic rings. The zero-order valence-corrected chi connectivity index (χ0v) is 14.6. The van der Waals surface area contributed by atoms with Crippen LogP contribution in [0.5, 0.6) is 11.5 Å². The van der Waals surface area contributed by atoms with Crippen molar-refractivity contribution in [2.45, 2.75) is 25.9 Å². The van der Waals surface area contributed by atoms with Crippen LogP contribution in [0.2, 0.25) is 0 Å². The number of rotatable bonds is 3. The van der Waals surface area contributed by atoms with Crippen molar-refractivity contribution in [2.24, 2.45) is 0 Å². The molecule has 2 N–H and O–H groups in total. The Morgan fingerprint density at radius 3 is 2.62 bits per heavy atom. The molecule has 24 heavy (non-hydrogen) atoms. The molecule has 9 nitrogen and oxygen atoms in total. The number of hydrogen-bond donors (Lipinski definition) is 2. The summed E-state index contributed by atoms with van der Waals surface area (Å²) in [6, 6.07) is 3.95. The van der Waals surface area contributed by atoms with Crippen molar-refractivity contribution in [2.75, 3.05) is 14.1 Å². The van der Waals surface area contributed by atoms with Gasteiger partial charge in [0.15, 0.2) is 11.5 Å². The molecule has 0 aliphatic carbocycles. The highest BCUT2D eigenvalue weighted by atomic mass is 32.2. The van der Waals surface area contributed by atoms with Gasteiger partial charge in [-0.15, -0.1) is 0 Å². The lowest BCUT2D eigenvalue weighted by Crippen LogP contribution is -2.47. The molecule has 0 saturated heterocycles. The first-order valence-electron chi connectivity index (χ1n) is 7.06. The van der Waals surface area contributed by atoms with Crippen molar-refractivity contribution in [3.8, 4) is 11.5 Å². The first kappa shape index (κ1) is 18.0. The van der Waals surface area contributed by atoms with E-state index >= 15 is 0 Å². The van der Waals surface area contributed by atoms with Gasteiger partial charge in [0.1, 0.15) is 5.60 Å². The number of benzene rings is 1. The molecule has 0 unspecified atom stereocenters. The minimum absolute atomic E-state index is 0.166. The van der Waals surface area contributed by atoms with Crippen LogP contribution in [-0.4, -0.2) is 45.1 Å². The summed E-state index contributed by atoms with van der Waals surface area (Å²) in [5.41, 5.74) is 0.463. The fourth-order valence-corrected chi connectivity index (χ4v) is 2.62. The Morgan fingerprint density at radius 1 is 1.33 bits per heavy atom. The predicted molar refractivity (Wildman–Crippen MR) is 85.2 cm³/mol. The quantitative estimate of drug-likeness (QED) is 0.834. The predicted octanol–water partition coefficient (Wildman–Crippen LogP) is 1.00. The molecule has 1 aliphatic rings. The second-order valence-electron chi connectivity index (χ2n) is 5.82. The Balaban J connectivity index is 2.11. The Morgan fingerprint density at radius 2 is 2.00 bits per heavy atom. The van der Waals surface area contributed by atoms with E-state index in [2.05, 4.69) is 0 Å². The van der Waals surface area contributed by atoms with Gasteiger partial charge >= 0.3 is 22.3 Å². The molecular weight excluding hydrogens is 338 g/mol. The smallest absolute Gasteiger partial charge is 0.423 e. The number of imide groups is 1. The first-order chi connectivity index (χ1) is 11.0. The highest BCUT2D eigenvalue weighted by Gasteiger charge is 2.33. The maximum Gasteiger partial charge on any atom is 0.423 e. The largest absolute Gasteiger partial charge is 0.483 e. The zero-order chi connectivity index (χ0) is 18.1. The van der Waals surface area contributed by atoms with Crippen molar-refractivity contribution in [3.05, 3.63) is 23.8 Å². The summed E-state index contributed by atoms with van der Waals surface area (Å²) in [6.07, 6.45) is -0.384. The van der Waals surface area contributed by atoms with Crippen LogP contribution >= 0.6 is 0 Å². The Hall–Kier alpha value is -2.33. The van der Waals surface area contributed by atoms with E-state index < -0.39 is 27.9 Å². The van der Waals surface area contributed by atoms with E-state index in [0.29, 0.717) is 17.1 Å². The standard InChI is InChI=1S/C14H19N3O6S/c1-14(2)8-9-6-5-7-10(11(9)23-14)22-13(19)17(4)12(18)16-24(20,21)15-3/h5-7,15H,8H2,1-4H3,(H,16,18). The van der Waals surface area contributed by atoms with Gasteiger partial charge in [-0.1, -0.05) is 12.1 Å². The normalized spacial score (nSPS) is 15.2. The Kier molecular flexibility index (Phi) is 4.72. The third-order valence-corrected chi connectivity index (χ3v) is 4.30. The number of carbonyl (C=O) groups excluding carboxylic acids is 2. The van der Waals surface area contributed by atoms with Crippen LogP contribution in [0, 0.1) is 0 Å². The van der Waals surface area contributed by atoms with Crippen LogP contribution in [0.3, 0.4) is 0 Å². The van der Waals surface area contributed by atoms with Crippen molar-refractivity contribution >= 4 is 22.3 Å². The molecule has 0 spiro atoms. The van der Waals surface area contributed by atoms with Crippen molar-refractivity contribution < 1.29 is 27.5 Å². The maximum atomic E-state index is 12.1. The number of nitrogens with one attached hydrogen (secondary N) is 2. The number of urea groups is 1. The Labute approximate surface area is 140 Å². The van der Waals surface area contributed by atoms with Gasteiger partial charge in [-0.3, -0.25) is 0 Å². The number of hydrogen-bond acceptors (Lipinski definition) is 6. The van der Waals surface area contributed by atoms with Crippen LogP contribution in [0.4, 0.5) is 9.59 Å². The summed E-state index contributed by atoms with van der Waals surface area (Å²) >= 11 is 0. The fourth-order valence-electron chi connectivity index (χ4n) is 2.15. The number of para-hydroxylation sites is 1. The molecule has 0 bridgehead atoms. The second kappa shape index (κ2) is 6.29. The fraction of sp³-hybridized carbons (Fsp3) is 0.429. The molecule has 10 heteroatoms. The van der Waals surface area contributed by atoms with E-state index in [1.807, 2.05) is 24.6 Å². The second-order valence-corrected chi connectivity index (χ2v) is 7.44. The van der Waals surface area contributed by atoms with Crippen molar-refractivity contribution in [1.29, 1.82) is 0 Å². The SMILES string of the molecule is CNS(=O)(=O)NC(=O)N(C)C(=O)Oc1cccc2c1OC(C)(C)C2. The van der Waals surface area contributed by atoms with Crippen LogP contribution in [0.15, 0.2) is 18.2 Å². The van der Waals surface area contributed by atoms with Gasteiger partial charge < -0.3 is 9.47 Å². The lowest BCUT2D eigenvalue weighted by Gasteiger charge is -2.19. The van der Waals surface area contributed by atoms with Crippen LogP contribution in [0.25, 0.3) is 0 Å². The minimum atomic E-state index is -4.02. The number of nitrogens with zero attached hydrogens (tertiary/aromatic N) is 1. The van der Waals surface area contributed by atoms with Gasteiger partial charge in [-0.2, -0.15) is 8.42 Å². The average Bonchev–Trinajstić information content (AvgIpc) is 2.81. The van der Waals surface area contributed by atoms with Crippen LogP contribution < -0.4 is 18.9 Å².